The van der Waals surface area contributed by atoms with Crippen molar-refractivity contribution in [2.75, 3.05) is 0 Å². The fourth-order valence-electron chi connectivity index (χ4n) is 1.90. The van der Waals surface area contributed by atoms with Crippen LogP contribution >= 0.6 is 11.6 Å². The van der Waals surface area contributed by atoms with Gasteiger partial charge < -0.3 is 5.11 Å². The lowest BCUT2D eigenvalue weighted by Crippen LogP contribution is -2.01. The van der Waals surface area contributed by atoms with E-state index in [1.54, 1.807) is 12.2 Å². The monoisotopic (exact) mass is 289 g/mol. The number of allylic oxidation sites excluding steroid dienone is 2. The highest BCUT2D eigenvalue weighted by Crippen LogP contribution is 2.28. The second kappa shape index (κ2) is 5.92. The van der Waals surface area contributed by atoms with E-state index in [1.807, 2.05) is 32.1 Å². The van der Waals surface area contributed by atoms with Crippen LogP contribution in [-0.4, -0.2) is 20.1 Å². The van der Waals surface area contributed by atoms with E-state index in [2.05, 4.69) is 16.8 Å². The lowest BCUT2D eigenvalue weighted by molar-refractivity contribution is 0.462. The van der Waals surface area contributed by atoms with E-state index in [1.165, 1.54) is 4.80 Å². The van der Waals surface area contributed by atoms with Crippen molar-refractivity contribution in [1.82, 2.24) is 15.0 Å². The number of phenolic OH excluding ortho intramolecular Hbond substituents is 1. The number of aromatic hydroxyl groups is 1. The molecule has 2 aromatic rings. The third-order valence-corrected chi connectivity index (χ3v) is 3.17. The summed E-state index contributed by atoms with van der Waals surface area (Å²) in [5.41, 5.74) is 3.70. The van der Waals surface area contributed by atoms with E-state index in [9.17, 15) is 5.11 Å². The van der Waals surface area contributed by atoms with Crippen LogP contribution in [0.1, 0.15) is 22.5 Å². The summed E-state index contributed by atoms with van der Waals surface area (Å²) in [6.07, 6.45) is 5.29. The number of halogens is 1. The molecule has 0 aliphatic rings. The second-order valence-electron chi connectivity index (χ2n) is 4.48. The quantitative estimate of drug-likeness (QED) is 0.692. The molecule has 0 saturated heterocycles. The van der Waals surface area contributed by atoms with Crippen molar-refractivity contribution in [3.63, 3.8) is 0 Å². The average molecular weight is 290 g/mol. The van der Waals surface area contributed by atoms with Crippen LogP contribution in [0, 0.1) is 13.8 Å². The lowest BCUT2D eigenvalue weighted by Gasteiger charge is -2.08. The van der Waals surface area contributed by atoms with Crippen LogP contribution in [0.25, 0.3) is 11.8 Å². The molecule has 0 spiro atoms. The van der Waals surface area contributed by atoms with Gasteiger partial charge in [0, 0.05) is 5.56 Å². The van der Waals surface area contributed by atoms with E-state index < -0.39 is 0 Å². The molecular weight excluding hydrogens is 274 g/mol. The number of phenols is 1. The molecule has 5 heteroatoms. The first-order valence-electron chi connectivity index (χ1n) is 6.18. The molecule has 104 valence electrons. The Labute approximate surface area is 123 Å². The number of nitrogens with zero attached hydrogens (tertiary/aromatic N) is 3. The maximum Gasteiger partial charge on any atom is 0.147 e. The first-order valence-corrected chi connectivity index (χ1v) is 6.72. The van der Waals surface area contributed by atoms with Gasteiger partial charge in [0.15, 0.2) is 0 Å². The van der Waals surface area contributed by atoms with E-state index in [0.717, 1.165) is 17.0 Å². The first-order chi connectivity index (χ1) is 9.56. The van der Waals surface area contributed by atoms with Crippen molar-refractivity contribution < 1.29 is 5.11 Å². The molecule has 0 radical (unpaired) electrons. The molecule has 0 aliphatic carbocycles. The largest absolute Gasteiger partial charge is 0.505 e. The van der Waals surface area contributed by atoms with Gasteiger partial charge in [-0.3, -0.25) is 0 Å². The van der Waals surface area contributed by atoms with Gasteiger partial charge in [0.05, 0.1) is 11.6 Å². The van der Waals surface area contributed by atoms with E-state index in [0.29, 0.717) is 11.3 Å². The van der Waals surface area contributed by atoms with Gasteiger partial charge in [0.1, 0.15) is 17.1 Å². The molecule has 0 amide bonds. The van der Waals surface area contributed by atoms with Crippen LogP contribution in [0.2, 0.25) is 0 Å². The number of aryl methyl sites for hydroxylation is 2. The standard InChI is InChI=1S/C15H16ClN3O/c1-4-5-6-13-11(3)17-19(18-13)14-8-10(2)7-12(9-16)15(14)20/h4-8,20H,1,9H2,2-3H3. The third kappa shape index (κ3) is 2.75. The van der Waals surface area contributed by atoms with Gasteiger partial charge in [-0.05, 0) is 31.6 Å². The summed E-state index contributed by atoms with van der Waals surface area (Å²) in [5.74, 6) is 0.351. The number of hydrogen-bond donors (Lipinski definition) is 1. The summed E-state index contributed by atoms with van der Waals surface area (Å²) in [4.78, 5) is 1.43. The average Bonchev–Trinajstić information content (AvgIpc) is 2.79. The molecule has 20 heavy (non-hydrogen) atoms. The van der Waals surface area contributed by atoms with Crippen molar-refractivity contribution in [2.45, 2.75) is 19.7 Å². The molecule has 2 rings (SSSR count). The Morgan fingerprint density at radius 3 is 2.75 bits per heavy atom. The molecule has 0 aliphatic heterocycles. The summed E-state index contributed by atoms with van der Waals surface area (Å²) < 4.78 is 0. The summed E-state index contributed by atoms with van der Waals surface area (Å²) in [7, 11) is 0. The van der Waals surface area contributed by atoms with E-state index in [-0.39, 0.29) is 11.6 Å². The summed E-state index contributed by atoms with van der Waals surface area (Å²) >= 11 is 5.84. The van der Waals surface area contributed by atoms with Crippen molar-refractivity contribution >= 4 is 17.7 Å². The van der Waals surface area contributed by atoms with Gasteiger partial charge in [-0.2, -0.15) is 5.10 Å². The highest BCUT2D eigenvalue weighted by Gasteiger charge is 2.13. The molecule has 0 bridgehead atoms. The van der Waals surface area contributed by atoms with Crippen molar-refractivity contribution in [3.8, 4) is 11.4 Å². The Balaban J connectivity index is 2.54. The second-order valence-corrected chi connectivity index (χ2v) is 4.75. The molecule has 1 N–H and O–H groups in total. The predicted octanol–water partition coefficient (Wildman–Crippen LogP) is 3.53. The normalized spacial score (nSPS) is 11.2. The van der Waals surface area contributed by atoms with E-state index >= 15 is 0 Å². The predicted molar refractivity (Wildman–Crippen MR) is 81.3 cm³/mol. The number of hydrogen-bond acceptors (Lipinski definition) is 3. The van der Waals surface area contributed by atoms with Crippen molar-refractivity contribution in [3.05, 3.63) is 53.4 Å². The smallest absolute Gasteiger partial charge is 0.147 e. The minimum atomic E-state index is 0.111. The van der Waals surface area contributed by atoms with Gasteiger partial charge >= 0.3 is 0 Å². The number of benzene rings is 1. The molecule has 1 aromatic heterocycles. The van der Waals surface area contributed by atoms with Gasteiger partial charge in [-0.15, -0.1) is 21.5 Å². The third-order valence-electron chi connectivity index (χ3n) is 2.88. The zero-order valence-corrected chi connectivity index (χ0v) is 12.2. The maximum atomic E-state index is 10.2. The van der Waals surface area contributed by atoms with Gasteiger partial charge in [-0.1, -0.05) is 24.8 Å². The Kier molecular flexibility index (Phi) is 4.25. The minimum Gasteiger partial charge on any atom is -0.505 e. The first kappa shape index (κ1) is 14.3. The Morgan fingerprint density at radius 2 is 2.10 bits per heavy atom. The van der Waals surface area contributed by atoms with Crippen LogP contribution in [0.15, 0.2) is 30.9 Å². The minimum absolute atomic E-state index is 0.111. The summed E-state index contributed by atoms with van der Waals surface area (Å²) in [6.45, 7) is 7.42. The number of aromatic nitrogens is 3. The number of rotatable bonds is 4. The number of alkyl halides is 1. The fourth-order valence-corrected chi connectivity index (χ4v) is 2.10. The molecule has 1 heterocycles. The molecule has 1 aromatic carbocycles. The molecule has 0 atom stereocenters. The summed E-state index contributed by atoms with van der Waals surface area (Å²) in [6, 6.07) is 3.67. The Bertz CT molecular complexity index is 674. The van der Waals surface area contributed by atoms with E-state index in [4.69, 9.17) is 11.6 Å². The Morgan fingerprint density at radius 1 is 1.35 bits per heavy atom. The van der Waals surface area contributed by atoms with Gasteiger partial charge in [0.25, 0.3) is 0 Å². The zero-order chi connectivity index (χ0) is 14.7. The highest BCUT2D eigenvalue weighted by atomic mass is 35.5. The molecule has 0 saturated carbocycles. The molecule has 0 unspecified atom stereocenters. The van der Waals surface area contributed by atoms with Crippen LogP contribution in [0.3, 0.4) is 0 Å². The molecular formula is C15H16ClN3O. The Hall–Kier alpha value is -2.07. The molecule has 0 fully saturated rings. The van der Waals surface area contributed by atoms with Crippen molar-refractivity contribution in [2.24, 2.45) is 0 Å². The SMILES string of the molecule is C=CC=Cc1nn(-c2cc(C)cc(CCl)c2O)nc1C. The van der Waals surface area contributed by atoms with Crippen LogP contribution in [0.4, 0.5) is 0 Å². The fraction of sp³-hybridized carbons (Fsp3) is 0.200. The highest BCUT2D eigenvalue weighted by molar-refractivity contribution is 6.17. The molecule has 4 nitrogen and oxygen atoms in total. The van der Waals surface area contributed by atoms with Crippen LogP contribution in [-0.2, 0) is 5.88 Å². The van der Waals surface area contributed by atoms with Crippen molar-refractivity contribution in [1.29, 1.82) is 0 Å². The van der Waals surface area contributed by atoms with Crippen LogP contribution < -0.4 is 0 Å². The van der Waals surface area contributed by atoms with Gasteiger partial charge in [-0.25, -0.2) is 0 Å². The maximum absolute atomic E-state index is 10.2. The summed E-state index contributed by atoms with van der Waals surface area (Å²) in [5, 5.41) is 18.9. The zero-order valence-electron chi connectivity index (χ0n) is 11.5. The van der Waals surface area contributed by atoms with Gasteiger partial charge in [0.2, 0.25) is 0 Å². The lowest BCUT2D eigenvalue weighted by atomic mass is 10.1. The topological polar surface area (TPSA) is 50.9 Å². The van der Waals surface area contributed by atoms with Crippen LogP contribution in [0.5, 0.6) is 5.75 Å².